The average molecular weight is 1230 g/mol. The van der Waals surface area contributed by atoms with Crippen molar-refractivity contribution in [2.45, 2.75) is 44.1 Å². The fourth-order valence-electron chi connectivity index (χ4n) is 11.8. The molecule has 10 nitrogen and oxygen atoms in total. The van der Waals surface area contributed by atoms with E-state index in [-0.39, 0.29) is 49.1 Å². The first-order valence-electron chi connectivity index (χ1n) is 28.1. The van der Waals surface area contributed by atoms with Crippen molar-refractivity contribution in [2.24, 2.45) is 11.8 Å². The lowest BCUT2D eigenvalue weighted by Gasteiger charge is -2.42. The van der Waals surface area contributed by atoms with E-state index in [0.717, 1.165) is 37.6 Å². The molecule has 4 heterocycles. The van der Waals surface area contributed by atoms with Crippen molar-refractivity contribution < 1.29 is 47.6 Å². The summed E-state index contributed by atoms with van der Waals surface area (Å²) < 4.78 is 38.7. The molecule has 0 spiro atoms. The Labute approximate surface area is 525 Å². The first-order chi connectivity index (χ1) is 42.4. The van der Waals surface area contributed by atoms with Gasteiger partial charge in [-0.25, -0.2) is 19.2 Å². The van der Waals surface area contributed by atoms with Crippen LogP contribution in [0.2, 0.25) is 0 Å². The third-order valence-electron chi connectivity index (χ3n) is 16.1. The van der Waals surface area contributed by atoms with Crippen LogP contribution in [-0.4, -0.2) is 49.7 Å². The number of allylic oxidation sites excluding steroid dienone is 6. The van der Waals surface area contributed by atoms with Crippen molar-refractivity contribution in [1.29, 1.82) is 0 Å². The van der Waals surface area contributed by atoms with Crippen molar-refractivity contribution in [3.05, 3.63) is 293 Å². The van der Waals surface area contributed by atoms with Crippen LogP contribution in [-0.2, 0) is 71.0 Å². The van der Waals surface area contributed by atoms with Crippen LogP contribution in [0.5, 0.6) is 11.5 Å². The van der Waals surface area contributed by atoms with E-state index in [1.807, 2.05) is 206 Å². The highest BCUT2D eigenvalue weighted by Crippen LogP contribution is 2.58. The summed E-state index contributed by atoms with van der Waals surface area (Å²) in [5.41, 5.74) is 4.48. The number of esters is 4. The third kappa shape index (κ3) is 10.1. The predicted octanol–water partition coefficient (Wildman–Crippen LogP) is 14.5. The summed E-state index contributed by atoms with van der Waals surface area (Å²) in [6.07, 6.45) is 12.1. The number of thiocarbonyl (C=S) groups is 3. The molecule has 0 radical (unpaired) electrons. The smallest absolute Gasteiger partial charge is 0.367 e. The molecule has 0 saturated heterocycles. The van der Waals surface area contributed by atoms with Crippen LogP contribution in [0.4, 0.5) is 0 Å². The molecule has 8 aromatic rings. The van der Waals surface area contributed by atoms with E-state index in [1.165, 1.54) is 22.7 Å². The number of thiophene rings is 2. The number of carbonyl (C=O) groups excluding carboxylic acids is 4. The Balaban J connectivity index is 0.948. The molecular formula is C72H48O10S5. The molecule has 426 valence electrons. The summed E-state index contributed by atoms with van der Waals surface area (Å²) in [6.45, 7) is -0.732. The van der Waals surface area contributed by atoms with E-state index < -0.39 is 46.9 Å². The van der Waals surface area contributed by atoms with Crippen LogP contribution in [0.3, 0.4) is 0 Å². The fraction of sp³-hybridized carbons (Fsp3) is 0.125. The quantitative estimate of drug-likeness (QED) is 0.0338. The molecule has 0 saturated carbocycles. The summed E-state index contributed by atoms with van der Waals surface area (Å²) in [5, 5.41) is 0. The second-order valence-corrected chi connectivity index (χ2v) is 25.0. The van der Waals surface area contributed by atoms with Crippen LogP contribution in [0.25, 0.3) is 23.3 Å². The summed E-state index contributed by atoms with van der Waals surface area (Å²) in [4.78, 5) is 66.7. The van der Waals surface area contributed by atoms with Crippen LogP contribution in [0, 0.1) is 11.8 Å². The van der Waals surface area contributed by atoms with Gasteiger partial charge in [0, 0.05) is 65.4 Å². The molecule has 0 bridgehead atoms. The maximum atomic E-state index is 15.5. The van der Waals surface area contributed by atoms with E-state index in [4.69, 9.17) is 65.1 Å². The summed E-state index contributed by atoms with van der Waals surface area (Å²) in [5.74, 6) is -4.85. The van der Waals surface area contributed by atoms with Gasteiger partial charge in [-0.15, -0.1) is 22.7 Å². The number of carbonyl (C=O) groups is 4. The molecule has 0 N–H and O–H groups in total. The second kappa shape index (κ2) is 23.0. The third-order valence-corrected chi connectivity index (χ3v) is 19.7. The molecule has 6 aromatic carbocycles. The maximum absolute atomic E-state index is 15.5. The minimum Gasteiger partial charge on any atom is -0.458 e. The molecule has 2 atom stereocenters. The van der Waals surface area contributed by atoms with Crippen LogP contribution < -0.4 is 9.47 Å². The molecular weight excluding hydrogens is 1190 g/mol. The van der Waals surface area contributed by atoms with Crippen LogP contribution in [0.15, 0.2) is 229 Å². The lowest BCUT2D eigenvalue weighted by molar-refractivity contribution is -0.179. The SMILES string of the molecule is O=C(OCc1ccccc1)C1(C(=O)OCc2ccccc2)Oc2cc(C=C3C(=S)c4ccccc4C3=S)sc2C2=CC3C=C4C(=CC3C=C21)c1sc(/C=C2/Cc3ccccc3C2=S)cc1OC4(C(=O)OCc1ccccc1)C(=O)OCc1ccccc1. The first-order valence-corrected chi connectivity index (χ1v) is 30.9. The molecule has 2 aliphatic heterocycles. The minimum absolute atomic E-state index is 0.179. The lowest BCUT2D eigenvalue weighted by Crippen LogP contribution is -2.58. The molecule has 15 heteroatoms. The number of fused-ring (bicyclic) bond motifs is 9. The molecule has 2 unspecified atom stereocenters. The Kier molecular flexibility index (Phi) is 14.7. The van der Waals surface area contributed by atoms with Gasteiger partial charge in [0.15, 0.2) is 0 Å². The molecule has 87 heavy (non-hydrogen) atoms. The first kappa shape index (κ1) is 55.8. The van der Waals surface area contributed by atoms with Gasteiger partial charge in [0.1, 0.15) is 37.9 Å². The van der Waals surface area contributed by atoms with Gasteiger partial charge < -0.3 is 28.4 Å². The van der Waals surface area contributed by atoms with E-state index >= 15 is 19.2 Å². The number of ether oxygens (including phenoxy) is 6. The second-order valence-electron chi connectivity index (χ2n) is 21.6. The van der Waals surface area contributed by atoms with Crippen LogP contribution >= 0.6 is 59.3 Å². The highest BCUT2D eigenvalue weighted by molar-refractivity contribution is 7.84. The molecule has 2 aromatic heterocycles. The zero-order chi connectivity index (χ0) is 59.4. The van der Waals surface area contributed by atoms with Gasteiger partial charge in [0.25, 0.3) is 0 Å². The van der Waals surface area contributed by atoms with Gasteiger partial charge in [0.2, 0.25) is 0 Å². The zero-order valence-corrected chi connectivity index (χ0v) is 50.2. The van der Waals surface area contributed by atoms with Gasteiger partial charge in [-0.3, -0.25) is 0 Å². The largest absolute Gasteiger partial charge is 0.458 e. The van der Waals surface area contributed by atoms with Crippen molar-refractivity contribution in [3.63, 3.8) is 0 Å². The summed E-state index contributed by atoms with van der Waals surface area (Å²) in [7, 11) is 0. The van der Waals surface area contributed by atoms with Gasteiger partial charge in [-0.05, 0) is 69.7 Å². The van der Waals surface area contributed by atoms with Gasteiger partial charge in [0.05, 0.1) is 19.5 Å². The number of hydrogen-bond donors (Lipinski definition) is 0. The van der Waals surface area contributed by atoms with Gasteiger partial charge >= 0.3 is 35.1 Å². The van der Waals surface area contributed by atoms with Gasteiger partial charge in [-0.1, -0.05) is 231 Å². The molecule has 14 rings (SSSR count). The Morgan fingerprint density at radius 2 is 0.805 bits per heavy atom. The lowest BCUT2D eigenvalue weighted by atomic mass is 9.68. The topological polar surface area (TPSA) is 124 Å². The van der Waals surface area contributed by atoms with E-state index in [1.54, 1.807) is 6.07 Å². The monoisotopic (exact) mass is 1230 g/mol. The summed E-state index contributed by atoms with van der Waals surface area (Å²) in [6, 6.07) is 56.0. The fourth-order valence-corrected chi connectivity index (χ4v) is 15.1. The predicted molar refractivity (Wildman–Crippen MR) is 347 cm³/mol. The molecule has 0 amide bonds. The number of hydrogen-bond acceptors (Lipinski definition) is 15. The minimum atomic E-state index is -2.53. The number of benzene rings is 6. The molecule has 0 fully saturated rings. The Bertz CT molecular complexity index is 4260. The summed E-state index contributed by atoms with van der Waals surface area (Å²) >= 11 is 20.8. The molecule has 6 aliphatic rings. The Morgan fingerprint density at radius 1 is 0.448 bits per heavy atom. The van der Waals surface area contributed by atoms with Crippen LogP contribution in [0.1, 0.15) is 64.0 Å². The Hall–Kier alpha value is -9.09. The number of rotatable bonds is 14. The average Bonchev–Trinajstić information content (AvgIpc) is 1.76. The van der Waals surface area contributed by atoms with Crippen molar-refractivity contribution in [1.82, 2.24) is 0 Å². The standard InChI is InChI=1S/C72H48O10S5/c73-67(77-38-42-17-5-1-6-18-42)71(68(74)78-39-43-19-7-2-8-20-43)58-33-48-32-56-59(34-47(48)31-55(58)65-60(81-71)36-50(86-65)30-49-29-46-25-13-14-26-52(46)62(49)83)72(69(75)79-40-44-21-9-3-10-22-44,70(76)80-41-45-23-11-4-12-24-45)82-61-37-51(87-66(56)61)35-57-63(84)53-27-15-16-28-54(53)64(57)85/h1-28,30-37,47-48H,29,38-41H2/b49-30-. The zero-order valence-electron chi connectivity index (χ0n) is 46.1. The van der Waals surface area contributed by atoms with E-state index in [9.17, 15) is 0 Å². The van der Waals surface area contributed by atoms with Crippen molar-refractivity contribution in [2.75, 3.05) is 0 Å². The van der Waals surface area contributed by atoms with E-state index in [2.05, 4.69) is 6.07 Å². The highest BCUT2D eigenvalue weighted by atomic mass is 32.1. The van der Waals surface area contributed by atoms with Crippen molar-refractivity contribution >= 4 is 121 Å². The molecule has 4 aliphatic carbocycles. The Morgan fingerprint density at radius 3 is 1.20 bits per heavy atom. The van der Waals surface area contributed by atoms with E-state index in [0.29, 0.717) is 69.8 Å². The normalized spacial score (nSPS) is 18.2. The van der Waals surface area contributed by atoms with Crippen molar-refractivity contribution in [3.8, 4) is 11.5 Å². The van der Waals surface area contributed by atoms with Gasteiger partial charge in [-0.2, -0.15) is 0 Å². The maximum Gasteiger partial charge on any atom is 0.367 e. The highest BCUT2D eigenvalue weighted by Gasteiger charge is 2.63.